The van der Waals surface area contributed by atoms with Crippen LogP contribution in [0.25, 0.3) is 21.9 Å². The molecule has 150 valence electrons. The summed E-state index contributed by atoms with van der Waals surface area (Å²) in [6.07, 6.45) is 0.0233. The number of ether oxygens (including phenoxy) is 5. The molecule has 0 atom stereocenters. The van der Waals surface area contributed by atoms with Gasteiger partial charge in [0.25, 0.3) is 0 Å². The van der Waals surface area contributed by atoms with Gasteiger partial charge >= 0.3 is 5.97 Å². The fourth-order valence-corrected chi connectivity index (χ4v) is 4.17. The van der Waals surface area contributed by atoms with E-state index in [1.807, 2.05) is 37.3 Å². The van der Waals surface area contributed by atoms with Gasteiger partial charge in [-0.15, -0.1) is 0 Å². The van der Waals surface area contributed by atoms with Crippen molar-refractivity contribution in [3.8, 4) is 40.2 Å². The molecule has 0 unspecified atom stereocenters. The Morgan fingerprint density at radius 3 is 2.60 bits per heavy atom. The van der Waals surface area contributed by atoms with E-state index < -0.39 is 5.97 Å². The normalized spacial score (nSPS) is 13.4. The van der Waals surface area contributed by atoms with Crippen LogP contribution in [0.2, 0.25) is 0 Å². The molecule has 0 saturated heterocycles. The molecule has 0 saturated carbocycles. The van der Waals surface area contributed by atoms with Crippen LogP contribution >= 0.6 is 0 Å². The molecule has 2 heterocycles. The van der Waals surface area contributed by atoms with Gasteiger partial charge in [0.2, 0.25) is 13.6 Å². The van der Waals surface area contributed by atoms with Crippen molar-refractivity contribution in [2.45, 2.75) is 13.3 Å². The highest BCUT2D eigenvalue weighted by atomic mass is 16.7. The quantitative estimate of drug-likeness (QED) is 0.608. The van der Waals surface area contributed by atoms with Gasteiger partial charge in [0.15, 0.2) is 23.0 Å². The number of aryl methyl sites for hydroxylation is 1. The van der Waals surface area contributed by atoms with Crippen molar-refractivity contribution in [3.63, 3.8) is 0 Å². The van der Waals surface area contributed by atoms with Gasteiger partial charge in [-0.2, -0.15) is 5.26 Å². The topological polar surface area (TPSA) is 87.0 Å². The third-order valence-electron chi connectivity index (χ3n) is 5.48. The maximum atomic E-state index is 12.7. The fraction of sp³-hybridized carbons (Fsp3) is 0.217. The van der Waals surface area contributed by atoms with Crippen molar-refractivity contribution in [2.24, 2.45) is 0 Å². The fourth-order valence-electron chi connectivity index (χ4n) is 4.17. The van der Waals surface area contributed by atoms with E-state index >= 15 is 0 Å². The van der Waals surface area contributed by atoms with Gasteiger partial charge < -0.3 is 23.7 Å². The average molecular weight is 403 g/mol. The van der Waals surface area contributed by atoms with Gasteiger partial charge in [-0.25, -0.2) is 4.79 Å². The maximum Gasteiger partial charge on any atom is 0.338 e. The Bertz CT molecular complexity index is 1260. The highest BCUT2D eigenvalue weighted by molar-refractivity contribution is 6.11. The molecule has 0 fully saturated rings. The molecular formula is C23H17NO6. The standard InChI is InChI=1S/C23H17NO6/c1-12-14-4-6-17-22(30-11-28-17)21(14)20(15(7-8-24)19(12)23(25)26-2)13-3-5-16-18(9-13)29-10-27-16/h3-6,9H,7,10-11H2,1-2H3. The van der Waals surface area contributed by atoms with Crippen molar-refractivity contribution < 1.29 is 28.5 Å². The summed E-state index contributed by atoms with van der Waals surface area (Å²) in [5, 5.41) is 11.2. The second kappa shape index (κ2) is 6.85. The molecule has 0 N–H and O–H groups in total. The summed E-state index contributed by atoms with van der Waals surface area (Å²) in [6.45, 7) is 2.11. The summed E-state index contributed by atoms with van der Waals surface area (Å²) in [5.74, 6) is 1.99. The molecule has 0 amide bonds. The minimum atomic E-state index is -0.487. The molecular weight excluding hydrogens is 386 g/mol. The highest BCUT2D eigenvalue weighted by Crippen LogP contribution is 2.49. The zero-order valence-electron chi connectivity index (χ0n) is 16.4. The lowest BCUT2D eigenvalue weighted by Gasteiger charge is -2.20. The van der Waals surface area contributed by atoms with Crippen LogP contribution in [0.4, 0.5) is 0 Å². The van der Waals surface area contributed by atoms with E-state index in [0.717, 1.165) is 27.5 Å². The van der Waals surface area contributed by atoms with E-state index in [4.69, 9.17) is 23.7 Å². The summed E-state index contributed by atoms with van der Waals surface area (Å²) in [7, 11) is 1.34. The molecule has 2 aliphatic heterocycles. The van der Waals surface area contributed by atoms with Crippen LogP contribution < -0.4 is 18.9 Å². The largest absolute Gasteiger partial charge is 0.465 e. The van der Waals surface area contributed by atoms with Crippen LogP contribution in [-0.2, 0) is 11.2 Å². The first kappa shape index (κ1) is 18.1. The lowest BCUT2D eigenvalue weighted by molar-refractivity contribution is 0.0599. The van der Waals surface area contributed by atoms with Crippen molar-refractivity contribution in [2.75, 3.05) is 20.7 Å². The van der Waals surface area contributed by atoms with Gasteiger partial charge in [-0.1, -0.05) is 12.1 Å². The first-order valence-electron chi connectivity index (χ1n) is 9.37. The van der Waals surface area contributed by atoms with Crippen molar-refractivity contribution in [1.82, 2.24) is 0 Å². The number of carbonyl (C=O) groups is 1. The highest BCUT2D eigenvalue weighted by Gasteiger charge is 2.29. The number of methoxy groups -OCH3 is 1. The van der Waals surface area contributed by atoms with E-state index in [1.54, 1.807) is 0 Å². The number of fused-ring (bicyclic) bond motifs is 4. The van der Waals surface area contributed by atoms with E-state index in [-0.39, 0.29) is 20.0 Å². The zero-order valence-corrected chi connectivity index (χ0v) is 16.4. The second-order valence-corrected chi connectivity index (χ2v) is 6.97. The Kier molecular flexibility index (Phi) is 4.14. The molecule has 5 rings (SSSR count). The minimum absolute atomic E-state index is 0.0233. The van der Waals surface area contributed by atoms with Gasteiger partial charge in [-0.3, -0.25) is 0 Å². The van der Waals surface area contributed by atoms with Crippen LogP contribution in [0.15, 0.2) is 30.3 Å². The van der Waals surface area contributed by atoms with Gasteiger partial charge in [-0.05, 0) is 52.8 Å². The molecule has 7 heteroatoms. The first-order valence-corrected chi connectivity index (χ1v) is 9.37. The molecule has 0 aromatic heterocycles. The number of carbonyl (C=O) groups excluding carboxylic acids is 1. The molecule has 0 aliphatic carbocycles. The molecule has 7 nitrogen and oxygen atoms in total. The lowest BCUT2D eigenvalue weighted by atomic mass is 9.84. The third kappa shape index (κ3) is 2.54. The SMILES string of the molecule is COC(=O)c1c(CC#N)c(-c2ccc3c(c2)OCO3)c2c3c(ccc2c1C)OCO3. The molecule has 2 aliphatic rings. The van der Waals surface area contributed by atoms with E-state index in [2.05, 4.69) is 6.07 Å². The number of benzene rings is 3. The summed E-state index contributed by atoms with van der Waals surface area (Å²) in [4.78, 5) is 12.7. The molecule has 30 heavy (non-hydrogen) atoms. The lowest BCUT2D eigenvalue weighted by Crippen LogP contribution is -2.11. The van der Waals surface area contributed by atoms with Crippen LogP contribution in [0.3, 0.4) is 0 Å². The van der Waals surface area contributed by atoms with Crippen molar-refractivity contribution in [1.29, 1.82) is 5.26 Å². The smallest absolute Gasteiger partial charge is 0.338 e. The number of nitriles is 1. The van der Waals surface area contributed by atoms with E-state index in [9.17, 15) is 10.1 Å². The number of nitrogens with zero attached hydrogens (tertiary/aromatic N) is 1. The number of rotatable bonds is 3. The Hall–Kier alpha value is -3.92. The van der Waals surface area contributed by atoms with Gasteiger partial charge in [0.05, 0.1) is 25.2 Å². The maximum absolute atomic E-state index is 12.7. The van der Waals surface area contributed by atoms with E-state index in [1.165, 1.54) is 7.11 Å². The number of esters is 1. The molecule has 0 radical (unpaired) electrons. The zero-order chi connectivity index (χ0) is 20.8. The predicted octanol–water partition coefficient (Wildman–Crippen LogP) is 4.13. The molecule has 3 aromatic carbocycles. The molecule has 0 spiro atoms. The monoisotopic (exact) mass is 403 g/mol. The van der Waals surface area contributed by atoms with Crippen LogP contribution in [0.5, 0.6) is 23.0 Å². The van der Waals surface area contributed by atoms with Crippen LogP contribution in [-0.4, -0.2) is 26.7 Å². The Labute approximate surface area is 172 Å². The molecule has 3 aromatic rings. The van der Waals surface area contributed by atoms with Crippen molar-refractivity contribution in [3.05, 3.63) is 47.0 Å². The Balaban J connectivity index is 1.95. The Morgan fingerprint density at radius 2 is 1.80 bits per heavy atom. The minimum Gasteiger partial charge on any atom is -0.465 e. The predicted molar refractivity (Wildman–Crippen MR) is 107 cm³/mol. The van der Waals surface area contributed by atoms with Crippen LogP contribution in [0, 0.1) is 18.3 Å². The van der Waals surface area contributed by atoms with Gasteiger partial charge in [0, 0.05) is 5.39 Å². The summed E-state index contributed by atoms with van der Waals surface area (Å²) < 4.78 is 27.4. The summed E-state index contributed by atoms with van der Waals surface area (Å²) >= 11 is 0. The second-order valence-electron chi connectivity index (χ2n) is 6.97. The van der Waals surface area contributed by atoms with Crippen LogP contribution in [0.1, 0.15) is 21.5 Å². The summed E-state index contributed by atoms with van der Waals surface area (Å²) in [6, 6.07) is 11.5. The van der Waals surface area contributed by atoms with Gasteiger partial charge in [0.1, 0.15) is 0 Å². The van der Waals surface area contributed by atoms with E-state index in [0.29, 0.717) is 34.1 Å². The third-order valence-corrected chi connectivity index (χ3v) is 5.48. The Morgan fingerprint density at radius 1 is 1.07 bits per heavy atom. The summed E-state index contributed by atoms with van der Waals surface area (Å²) in [5.41, 5.74) is 3.20. The average Bonchev–Trinajstić information content (AvgIpc) is 3.42. The van der Waals surface area contributed by atoms with Crippen molar-refractivity contribution >= 4 is 16.7 Å². The number of hydrogen-bond donors (Lipinski definition) is 0. The first-order chi connectivity index (χ1) is 14.6. The number of hydrogen-bond acceptors (Lipinski definition) is 7. The molecule has 0 bridgehead atoms.